The second-order valence-electron chi connectivity index (χ2n) is 4.68. The highest BCUT2D eigenvalue weighted by atomic mass is 14.3. The van der Waals surface area contributed by atoms with Crippen molar-refractivity contribution in [1.82, 2.24) is 0 Å². The number of rotatable bonds is 7. The summed E-state index contributed by atoms with van der Waals surface area (Å²) in [5, 5.41) is 0. The zero-order chi connectivity index (χ0) is 14.0. The Labute approximate surface area is 117 Å². The molecule has 0 N–H and O–H groups in total. The highest BCUT2D eigenvalue weighted by Gasteiger charge is 2.30. The maximum Gasteiger partial charge on any atom is 0.00945 e. The van der Waals surface area contributed by atoms with E-state index in [0.717, 1.165) is 38.5 Å². The molecule has 0 atom stereocenters. The third-order valence-electron chi connectivity index (χ3n) is 3.57. The van der Waals surface area contributed by atoms with Crippen LogP contribution < -0.4 is 0 Å². The molecule has 0 aliphatic carbocycles. The zero-order valence-corrected chi connectivity index (χ0v) is 11.3. The lowest BCUT2D eigenvalue weighted by atomic mass is 9.70. The molecule has 1 aromatic rings. The van der Waals surface area contributed by atoms with Gasteiger partial charge >= 0.3 is 0 Å². The maximum atomic E-state index is 5.43. The summed E-state index contributed by atoms with van der Waals surface area (Å²) < 4.78 is 0. The molecule has 0 bridgehead atoms. The average Bonchev–Trinajstić information content (AvgIpc) is 2.48. The summed E-state index contributed by atoms with van der Waals surface area (Å²) in [4.78, 5) is 0. The third-order valence-corrected chi connectivity index (χ3v) is 3.57. The molecular weight excluding hydrogens is 228 g/mol. The Balaban J connectivity index is 3.06. The molecule has 1 radical (unpaired) electrons. The number of terminal acetylenes is 3. The minimum atomic E-state index is 0.000208. The molecule has 0 unspecified atom stereocenters. The minimum absolute atomic E-state index is 0.000208. The van der Waals surface area contributed by atoms with Crippen molar-refractivity contribution < 1.29 is 0 Å². The first-order valence-electron chi connectivity index (χ1n) is 6.56. The van der Waals surface area contributed by atoms with Crippen molar-refractivity contribution in [2.24, 2.45) is 0 Å². The lowest BCUT2D eigenvalue weighted by Crippen LogP contribution is -2.26. The predicted molar refractivity (Wildman–Crippen MR) is 81.2 cm³/mol. The lowest BCUT2D eigenvalue weighted by Gasteiger charge is -2.33. The van der Waals surface area contributed by atoms with E-state index in [9.17, 15) is 0 Å². The largest absolute Gasteiger partial charge is 0.120 e. The van der Waals surface area contributed by atoms with E-state index in [1.54, 1.807) is 0 Å². The quantitative estimate of drug-likeness (QED) is 0.640. The van der Waals surface area contributed by atoms with Crippen molar-refractivity contribution in [1.29, 1.82) is 0 Å². The fraction of sp³-hybridized carbons (Fsp3) is 0.368. The molecule has 0 heterocycles. The molecule has 0 aliphatic heterocycles. The molecule has 95 valence electrons. The van der Waals surface area contributed by atoms with Gasteiger partial charge in [0.05, 0.1) is 0 Å². The van der Waals surface area contributed by atoms with Gasteiger partial charge in [0.1, 0.15) is 0 Å². The Morgan fingerprint density at radius 3 is 1.63 bits per heavy atom. The first-order valence-corrected chi connectivity index (χ1v) is 6.56. The van der Waals surface area contributed by atoms with Crippen LogP contribution in [-0.4, -0.2) is 0 Å². The fourth-order valence-electron chi connectivity index (χ4n) is 2.48. The Morgan fingerprint density at radius 1 is 0.842 bits per heavy atom. The van der Waals surface area contributed by atoms with Crippen molar-refractivity contribution in [3.8, 4) is 37.0 Å². The Bertz CT molecular complexity index is 442. The van der Waals surface area contributed by atoms with Gasteiger partial charge in [-0.2, -0.15) is 0 Å². The van der Waals surface area contributed by atoms with Gasteiger partial charge in [0.25, 0.3) is 0 Å². The van der Waals surface area contributed by atoms with Crippen LogP contribution in [0.3, 0.4) is 0 Å². The maximum absolute atomic E-state index is 5.43. The van der Waals surface area contributed by atoms with E-state index in [2.05, 4.69) is 36.0 Å². The van der Waals surface area contributed by atoms with Gasteiger partial charge in [-0.25, -0.2) is 0 Å². The minimum Gasteiger partial charge on any atom is -0.120 e. The summed E-state index contributed by atoms with van der Waals surface area (Å²) >= 11 is 0. The second kappa shape index (κ2) is 8.08. The van der Waals surface area contributed by atoms with Crippen molar-refractivity contribution >= 4 is 0 Å². The highest BCUT2D eigenvalue weighted by molar-refractivity contribution is 5.26. The van der Waals surface area contributed by atoms with E-state index in [-0.39, 0.29) is 5.41 Å². The molecule has 0 amide bonds. The fourth-order valence-corrected chi connectivity index (χ4v) is 2.48. The number of hydrogen-bond donors (Lipinski definition) is 0. The topological polar surface area (TPSA) is 0 Å². The molecule has 1 aromatic carbocycles. The standard InChI is InChI=1S/C19H19/c1-4-7-15-19(16-8-5-2,17-9-6-3)18-13-11-10-12-14-18/h1-3,11-14H,7-9,15-17H2. The van der Waals surface area contributed by atoms with Gasteiger partial charge in [-0.15, -0.1) is 37.0 Å². The van der Waals surface area contributed by atoms with E-state index in [4.69, 9.17) is 19.3 Å². The summed E-state index contributed by atoms with van der Waals surface area (Å²) in [5.41, 5.74) is 1.27. The smallest absolute Gasteiger partial charge is 0.00945 e. The molecule has 0 nitrogen and oxygen atoms in total. The monoisotopic (exact) mass is 247 g/mol. The van der Waals surface area contributed by atoms with E-state index < -0.39 is 0 Å². The normalized spacial score (nSPS) is 10.2. The summed E-state index contributed by atoms with van der Waals surface area (Å²) in [6.45, 7) is 0. The van der Waals surface area contributed by atoms with Gasteiger partial charge < -0.3 is 0 Å². The Morgan fingerprint density at radius 2 is 1.26 bits per heavy atom. The van der Waals surface area contributed by atoms with Gasteiger partial charge in [0.15, 0.2) is 0 Å². The molecule has 0 fully saturated rings. The van der Waals surface area contributed by atoms with Crippen LogP contribution in [0.5, 0.6) is 0 Å². The lowest BCUT2D eigenvalue weighted by molar-refractivity contribution is 0.350. The van der Waals surface area contributed by atoms with Crippen LogP contribution in [0.2, 0.25) is 0 Å². The van der Waals surface area contributed by atoms with E-state index in [1.807, 2.05) is 12.1 Å². The van der Waals surface area contributed by atoms with Crippen LogP contribution >= 0.6 is 0 Å². The molecular formula is C19H19. The van der Waals surface area contributed by atoms with Gasteiger partial charge in [-0.1, -0.05) is 24.3 Å². The van der Waals surface area contributed by atoms with Crippen LogP contribution in [0, 0.1) is 43.1 Å². The molecule has 0 heteroatoms. The van der Waals surface area contributed by atoms with Gasteiger partial charge in [-0.3, -0.25) is 0 Å². The van der Waals surface area contributed by atoms with Crippen molar-refractivity contribution in [3.63, 3.8) is 0 Å². The van der Waals surface area contributed by atoms with Crippen LogP contribution in [0.4, 0.5) is 0 Å². The second-order valence-corrected chi connectivity index (χ2v) is 4.68. The molecule has 0 aromatic heterocycles. The van der Waals surface area contributed by atoms with Crippen molar-refractivity contribution in [2.75, 3.05) is 0 Å². The highest BCUT2D eigenvalue weighted by Crippen LogP contribution is 2.38. The SMILES string of the molecule is C#CCCC(CCC#C)(CCC#C)c1cc[c]cc1. The van der Waals surface area contributed by atoms with Crippen molar-refractivity contribution in [3.05, 3.63) is 35.9 Å². The molecule has 19 heavy (non-hydrogen) atoms. The summed E-state index contributed by atoms with van der Waals surface area (Å²) in [5.74, 6) is 8.20. The predicted octanol–water partition coefficient (Wildman–Crippen LogP) is 3.96. The van der Waals surface area contributed by atoms with Crippen molar-refractivity contribution in [2.45, 2.75) is 43.9 Å². The zero-order valence-electron chi connectivity index (χ0n) is 11.3. The molecule has 0 spiro atoms. The Hall–Kier alpha value is -2.10. The van der Waals surface area contributed by atoms with Crippen LogP contribution in [-0.2, 0) is 5.41 Å². The number of benzene rings is 1. The van der Waals surface area contributed by atoms with Gasteiger partial charge in [0.2, 0.25) is 0 Å². The molecule has 0 saturated heterocycles. The first-order chi connectivity index (χ1) is 9.29. The summed E-state index contributed by atoms with van der Waals surface area (Å²) in [6.07, 6.45) is 21.3. The van der Waals surface area contributed by atoms with E-state index >= 15 is 0 Å². The molecule has 0 saturated carbocycles. The molecule has 1 rings (SSSR count). The van der Waals surface area contributed by atoms with Gasteiger partial charge in [0, 0.05) is 19.3 Å². The van der Waals surface area contributed by atoms with E-state index in [0.29, 0.717) is 0 Å². The summed E-state index contributed by atoms with van der Waals surface area (Å²) in [6, 6.07) is 11.1. The van der Waals surface area contributed by atoms with Crippen LogP contribution in [0.25, 0.3) is 0 Å². The Kier molecular flexibility index (Phi) is 6.36. The van der Waals surface area contributed by atoms with Gasteiger partial charge in [-0.05, 0) is 36.3 Å². The van der Waals surface area contributed by atoms with Crippen LogP contribution in [0.1, 0.15) is 44.1 Å². The first kappa shape index (κ1) is 15.0. The average molecular weight is 247 g/mol. The van der Waals surface area contributed by atoms with Crippen LogP contribution in [0.15, 0.2) is 24.3 Å². The summed E-state index contributed by atoms with van der Waals surface area (Å²) in [7, 11) is 0. The van der Waals surface area contributed by atoms with E-state index in [1.165, 1.54) is 5.56 Å². The molecule has 0 aliphatic rings. The number of hydrogen-bond acceptors (Lipinski definition) is 0. The third kappa shape index (κ3) is 4.25.